The molecule has 0 amide bonds. The molecule has 0 saturated carbocycles. The van der Waals surface area contributed by atoms with E-state index in [1.54, 1.807) is 0 Å². The van der Waals surface area contributed by atoms with E-state index >= 15 is 0 Å². The van der Waals surface area contributed by atoms with Crippen LogP contribution >= 0.6 is 11.3 Å². The van der Waals surface area contributed by atoms with Gasteiger partial charge in [0.1, 0.15) is 0 Å². The van der Waals surface area contributed by atoms with Crippen molar-refractivity contribution in [2.75, 3.05) is 13.1 Å². The van der Waals surface area contributed by atoms with E-state index in [-0.39, 0.29) is 0 Å². The normalized spacial score (nSPS) is 17.8. The van der Waals surface area contributed by atoms with E-state index in [1.807, 2.05) is 11.3 Å². The van der Waals surface area contributed by atoms with Gasteiger partial charge in [0.05, 0.1) is 0 Å². The fourth-order valence-electron chi connectivity index (χ4n) is 1.26. The van der Waals surface area contributed by atoms with Gasteiger partial charge in [0.2, 0.25) is 0 Å². The summed E-state index contributed by atoms with van der Waals surface area (Å²) in [6, 6.07) is 2.88. The zero-order valence-electron chi connectivity index (χ0n) is 7.26. The molecular formula is C9H14N2S. The number of nitrogens with one attached hydrogen (secondary N) is 2. The maximum Gasteiger partial charge on any atom is 0.0320 e. The molecular weight excluding hydrogens is 168 g/mol. The van der Waals surface area contributed by atoms with Crippen molar-refractivity contribution in [2.24, 2.45) is 0 Å². The highest BCUT2D eigenvalue weighted by Crippen LogP contribution is 2.15. The third kappa shape index (κ3) is 1.68. The Kier molecular flexibility index (Phi) is 2.44. The molecule has 0 aliphatic carbocycles. The second-order valence-corrected chi connectivity index (χ2v) is 4.26. The molecule has 0 radical (unpaired) electrons. The Hall–Kier alpha value is -0.380. The SMILES string of the molecule is Cc1ccsc1CNC1CNC1. The first-order valence-corrected chi connectivity index (χ1v) is 5.21. The molecule has 2 rings (SSSR count). The summed E-state index contributed by atoms with van der Waals surface area (Å²) < 4.78 is 0. The Morgan fingerprint density at radius 2 is 2.50 bits per heavy atom. The van der Waals surface area contributed by atoms with Crippen LogP contribution < -0.4 is 10.6 Å². The van der Waals surface area contributed by atoms with E-state index in [4.69, 9.17) is 0 Å². The van der Waals surface area contributed by atoms with Crippen molar-refractivity contribution in [3.05, 3.63) is 21.9 Å². The number of thiophene rings is 1. The molecule has 0 bridgehead atoms. The van der Waals surface area contributed by atoms with Crippen molar-refractivity contribution in [1.29, 1.82) is 0 Å². The summed E-state index contributed by atoms with van der Waals surface area (Å²) in [6.45, 7) is 5.47. The van der Waals surface area contributed by atoms with E-state index in [0.717, 1.165) is 19.6 Å². The Bertz CT molecular complexity index is 253. The lowest BCUT2D eigenvalue weighted by molar-refractivity contribution is 0.366. The second-order valence-electron chi connectivity index (χ2n) is 3.26. The maximum absolute atomic E-state index is 3.51. The zero-order valence-corrected chi connectivity index (χ0v) is 8.08. The Morgan fingerprint density at radius 1 is 1.67 bits per heavy atom. The molecule has 0 spiro atoms. The summed E-state index contributed by atoms with van der Waals surface area (Å²) in [5.74, 6) is 0. The first-order chi connectivity index (χ1) is 5.86. The van der Waals surface area contributed by atoms with Crippen LogP contribution in [0.1, 0.15) is 10.4 Å². The van der Waals surface area contributed by atoms with Crippen LogP contribution in [0.5, 0.6) is 0 Å². The minimum atomic E-state index is 0.700. The number of hydrogen-bond donors (Lipinski definition) is 2. The molecule has 2 N–H and O–H groups in total. The molecule has 1 aliphatic heterocycles. The first-order valence-electron chi connectivity index (χ1n) is 4.33. The van der Waals surface area contributed by atoms with Gasteiger partial charge in [0.25, 0.3) is 0 Å². The van der Waals surface area contributed by atoms with Gasteiger partial charge in [0.15, 0.2) is 0 Å². The van der Waals surface area contributed by atoms with E-state index < -0.39 is 0 Å². The molecule has 12 heavy (non-hydrogen) atoms. The third-order valence-corrected chi connectivity index (χ3v) is 3.32. The predicted octanol–water partition coefficient (Wildman–Crippen LogP) is 1.12. The number of aryl methyl sites for hydroxylation is 1. The highest BCUT2D eigenvalue weighted by Gasteiger charge is 2.15. The molecule has 1 aromatic rings. The molecule has 0 aromatic carbocycles. The van der Waals surface area contributed by atoms with Crippen LogP contribution in [-0.4, -0.2) is 19.1 Å². The lowest BCUT2D eigenvalue weighted by atomic mass is 10.2. The van der Waals surface area contributed by atoms with Crippen molar-refractivity contribution in [3.63, 3.8) is 0 Å². The van der Waals surface area contributed by atoms with Crippen molar-refractivity contribution in [1.82, 2.24) is 10.6 Å². The van der Waals surface area contributed by atoms with Gasteiger partial charge in [-0.05, 0) is 23.9 Å². The Morgan fingerprint density at radius 3 is 3.00 bits per heavy atom. The van der Waals surface area contributed by atoms with Gasteiger partial charge in [-0.25, -0.2) is 0 Å². The highest BCUT2D eigenvalue weighted by molar-refractivity contribution is 7.10. The highest BCUT2D eigenvalue weighted by atomic mass is 32.1. The lowest BCUT2D eigenvalue weighted by Gasteiger charge is -2.28. The van der Waals surface area contributed by atoms with Gasteiger partial charge < -0.3 is 10.6 Å². The van der Waals surface area contributed by atoms with Gasteiger partial charge in [0, 0.05) is 30.6 Å². The quantitative estimate of drug-likeness (QED) is 0.732. The predicted molar refractivity (Wildman–Crippen MR) is 52.6 cm³/mol. The van der Waals surface area contributed by atoms with Gasteiger partial charge in [-0.3, -0.25) is 0 Å². The molecule has 1 aromatic heterocycles. The van der Waals surface area contributed by atoms with Gasteiger partial charge >= 0.3 is 0 Å². The number of hydrogen-bond acceptors (Lipinski definition) is 3. The van der Waals surface area contributed by atoms with Crippen LogP contribution in [0.2, 0.25) is 0 Å². The average Bonchev–Trinajstić information content (AvgIpc) is 2.33. The number of rotatable bonds is 3. The monoisotopic (exact) mass is 182 g/mol. The molecule has 1 saturated heterocycles. The lowest BCUT2D eigenvalue weighted by Crippen LogP contribution is -2.54. The molecule has 0 unspecified atom stereocenters. The maximum atomic E-state index is 3.51. The van der Waals surface area contributed by atoms with Gasteiger partial charge in [-0.2, -0.15) is 0 Å². The van der Waals surface area contributed by atoms with Crippen molar-refractivity contribution < 1.29 is 0 Å². The molecule has 1 aliphatic rings. The Balaban J connectivity index is 1.82. The molecule has 2 nitrogen and oxygen atoms in total. The molecule has 2 heterocycles. The van der Waals surface area contributed by atoms with E-state index in [0.29, 0.717) is 6.04 Å². The standard InChI is InChI=1S/C9H14N2S/c1-7-2-3-12-9(7)6-11-8-4-10-5-8/h2-3,8,10-11H,4-6H2,1H3. The molecule has 1 fully saturated rings. The van der Waals surface area contributed by atoms with Crippen LogP contribution in [0, 0.1) is 6.92 Å². The Labute approximate surface area is 77.0 Å². The molecule has 66 valence electrons. The van der Waals surface area contributed by atoms with Crippen LogP contribution in [-0.2, 0) is 6.54 Å². The largest absolute Gasteiger partial charge is 0.314 e. The third-order valence-electron chi connectivity index (χ3n) is 2.30. The summed E-state index contributed by atoms with van der Waals surface area (Å²) in [6.07, 6.45) is 0. The van der Waals surface area contributed by atoms with Gasteiger partial charge in [-0.15, -0.1) is 11.3 Å². The zero-order chi connectivity index (χ0) is 8.39. The summed E-state index contributed by atoms with van der Waals surface area (Å²) in [4.78, 5) is 1.47. The van der Waals surface area contributed by atoms with Crippen molar-refractivity contribution in [2.45, 2.75) is 19.5 Å². The van der Waals surface area contributed by atoms with Crippen LogP contribution in [0.25, 0.3) is 0 Å². The fraction of sp³-hybridized carbons (Fsp3) is 0.556. The first kappa shape index (κ1) is 8.23. The average molecular weight is 182 g/mol. The topological polar surface area (TPSA) is 24.1 Å². The molecule has 0 atom stereocenters. The summed E-state index contributed by atoms with van der Waals surface area (Å²) in [5, 5.41) is 8.92. The minimum Gasteiger partial charge on any atom is -0.314 e. The van der Waals surface area contributed by atoms with Crippen molar-refractivity contribution >= 4 is 11.3 Å². The van der Waals surface area contributed by atoms with Crippen molar-refractivity contribution in [3.8, 4) is 0 Å². The smallest absolute Gasteiger partial charge is 0.0320 e. The fourth-order valence-corrected chi connectivity index (χ4v) is 2.11. The van der Waals surface area contributed by atoms with E-state index in [9.17, 15) is 0 Å². The molecule has 3 heteroatoms. The minimum absolute atomic E-state index is 0.700. The summed E-state index contributed by atoms with van der Waals surface area (Å²) >= 11 is 1.84. The van der Waals surface area contributed by atoms with Crippen LogP contribution in [0.4, 0.5) is 0 Å². The van der Waals surface area contributed by atoms with Crippen LogP contribution in [0.15, 0.2) is 11.4 Å². The van der Waals surface area contributed by atoms with Gasteiger partial charge in [-0.1, -0.05) is 0 Å². The van der Waals surface area contributed by atoms with Crippen LogP contribution in [0.3, 0.4) is 0 Å². The second kappa shape index (κ2) is 3.56. The van der Waals surface area contributed by atoms with E-state index in [2.05, 4.69) is 29.0 Å². The van der Waals surface area contributed by atoms with E-state index in [1.165, 1.54) is 10.4 Å². The summed E-state index contributed by atoms with van der Waals surface area (Å²) in [7, 11) is 0. The summed E-state index contributed by atoms with van der Waals surface area (Å²) in [5.41, 5.74) is 1.42.